The Hall–Kier alpha value is -1.60. The molecule has 0 aliphatic rings. The van der Waals surface area contributed by atoms with Gasteiger partial charge in [-0.05, 0) is 5.56 Å². The van der Waals surface area contributed by atoms with Crippen molar-refractivity contribution >= 4 is 16.3 Å². The van der Waals surface area contributed by atoms with E-state index in [2.05, 4.69) is 5.32 Å². The second kappa shape index (κ2) is 4.76. The van der Waals surface area contributed by atoms with Gasteiger partial charge in [0.15, 0.2) is 0 Å². The first-order chi connectivity index (χ1) is 6.97. The third-order valence-corrected chi connectivity index (χ3v) is 1.96. The molecule has 2 amide bonds. The summed E-state index contributed by atoms with van der Waals surface area (Å²) < 4.78 is 30.1. The zero-order valence-electron chi connectivity index (χ0n) is 7.67. The zero-order chi connectivity index (χ0) is 11.3. The van der Waals surface area contributed by atoms with E-state index in [4.69, 9.17) is 4.55 Å². The van der Waals surface area contributed by atoms with Crippen molar-refractivity contribution in [2.45, 2.75) is 6.54 Å². The summed E-state index contributed by atoms with van der Waals surface area (Å²) in [7, 11) is -4.49. The van der Waals surface area contributed by atoms with Gasteiger partial charge in [-0.3, -0.25) is 4.55 Å². The first-order valence-electron chi connectivity index (χ1n) is 4.04. The van der Waals surface area contributed by atoms with E-state index in [0.29, 0.717) is 0 Å². The van der Waals surface area contributed by atoms with Gasteiger partial charge in [0.1, 0.15) is 0 Å². The number of hydrogen-bond acceptors (Lipinski definition) is 3. The van der Waals surface area contributed by atoms with Gasteiger partial charge in [0.05, 0.1) is 0 Å². The molecule has 0 aliphatic carbocycles. The molecule has 0 heterocycles. The van der Waals surface area contributed by atoms with Crippen LogP contribution in [-0.4, -0.2) is 19.0 Å². The molecule has 82 valence electrons. The zero-order valence-corrected chi connectivity index (χ0v) is 8.49. The minimum atomic E-state index is -4.49. The van der Waals surface area contributed by atoms with Crippen LogP contribution in [0.4, 0.5) is 4.79 Å². The van der Waals surface area contributed by atoms with Crippen LogP contribution in [0.15, 0.2) is 30.3 Å². The van der Waals surface area contributed by atoms with Gasteiger partial charge in [-0.2, -0.15) is 8.42 Å². The van der Waals surface area contributed by atoms with Crippen LogP contribution in [0.25, 0.3) is 0 Å². The lowest BCUT2D eigenvalue weighted by molar-refractivity contribution is 0.244. The van der Waals surface area contributed by atoms with Crippen LogP contribution in [0.3, 0.4) is 0 Å². The molecule has 0 aliphatic heterocycles. The Labute approximate surface area is 87.2 Å². The summed E-state index contributed by atoms with van der Waals surface area (Å²) in [6.45, 7) is 0.183. The Kier molecular flexibility index (Phi) is 3.64. The molecular formula is C8H10N2O4S. The number of carbonyl (C=O) groups is 1. The Morgan fingerprint density at radius 2 is 1.87 bits per heavy atom. The Morgan fingerprint density at radius 1 is 1.27 bits per heavy atom. The molecule has 1 aromatic carbocycles. The smallest absolute Gasteiger partial charge is 0.333 e. The predicted molar refractivity (Wildman–Crippen MR) is 53.4 cm³/mol. The van der Waals surface area contributed by atoms with E-state index in [9.17, 15) is 13.2 Å². The van der Waals surface area contributed by atoms with E-state index in [1.165, 1.54) is 4.72 Å². The number of benzene rings is 1. The van der Waals surface area contributed by atoms with Gasteiger partial charge >= 0.3 is 16.3 Å². The van der Waals surface area contributed by atoms with Gasteiger partial charge < -0.3 is 5.32 Å². The average Bonchev–Trinajstić information content (AvgIpc) is 2.14. The lowest BCUT2D eigenvalue weighted by atomic mass is 10.2. The molecule has 0 saturated heterocycles. The van der Waals surface area contributed by atoms with E-state index >= 15 is 0 Å². The number of carbonyl (C=O) groups excluding carboxylic acids is 1. The van der Waals surface area contributed by atoms with Gasteiger partial charge in [0.25, 0.3) is 0 Å². The van der Waals surface area contributed by atoms with Crippen LogP contribution in [0.2, 0.25) is 0 Å². The summed E-state index contributed by atoms with van der Waals surface area (Å²) >= 11 is 0. The van der Waals surface area contributed by atoms with Crippen molar-refractivity contribution in [1.29, 1.82) is 0 Å². The lowest BCUT2D eigenvalue weighted by Gasteiger charge is -2.04. The first kappa shape index (κ1) is 11.5. The molecule has 0 unspecified atom stereocenters. The summed E-state index contributed by atoms with van der Waals surface area (Å²) in [6, 6.07) is 7.97. The van der Waals surface area contributed by atoms with E-state index < -0.39 is 16.3 Å². The summed E-state index contributed by atoms with van der Waals surface area (Å²) in [5, 5.41) is 2.27. The third-order valence-electron chi connectivity index (χ3n) is 1.52. The molecule has 1 aromatic rings. The molecule has 0 saturated carbocycles. The molecule has 3 N–H and O–H groups in total. The summed E-state index contributed by atoms with van der Waals surface area (Å²) in [5.74, 6) is 0. The van der Waals surface area contributed by atoms with Crippen LogP contribution >= 0.6 is 0 Å². The molecule has 0 fully saturated rings. The molecular weight excluding hydrogens is 220 g/mol. The SMILES string of the molecule is O=C(NCc1ccccc1)NS(=O)(=O)O. The Balaban J connectivity index is 2.42. The molecule has 7 heteroatoms. The van der Waals surface area contributed by atoms with Gasteiger partial charge in [0.2, 0.25) is 0 Å². The van der Waals surface area contributed by atoms with Crippen molar-refractivity contribution in [3.8, 4) is 0 Å². The molecule has 0 radical (unpaired) electrons. The molecule has 0 aromatic heterocycles. The highest BCUT2D eigenvalue weighted by Crippen LogP contribution is 1.96. The third kappa shape index (κ3) is 4.99. The lowest BCUT2D eigenvalue weighted by Crippen LogP contribution is -2.38. The molecule has 6 nitrogen and oxygen atoms in total. The van der Waals surface area contributed by atoms with Crippen molar-refractivity contribution in [3.05, 3.63) is 35.9 Å². The highest BCUT2D eigenvalue weighted by molar-refractivity contribution is 7.84. The van der Waals surface area contributed by atoms with E-state index in [-0.39, 0.29) is 6.54 Å². The van der Waals surface area contributed by atoms with Crippen LogP contribution in [0.1, 0.15) is 5.56 Å². The minimum Gasteiger partial charge on any atom is -0.333 e. The van der Waals surface area contributed by atoms with E-state index in [1.807, 2.05) is 6.07 Å². The van der Waals surface area contributed by atoms with Gasteiger partial charge in [-0.15, -0.1) is 0 Å². The second-order valence-corrected chi connectivity index (χ2v) is 3.90. The predicted octanol–water partition coefficient (Wildman–Crippen LogP) is 0.289. The number of nitrogens with one attached hydrogen (secondary N) is 2. The van der Waals surface area contributed by atoms with Crippen LogP contribution < -0.4 is 10.0 Å². The monoisotopic (exact) mass is 230 g/mol. The van der Waals surface area contributed by atoms with Crippen molar-refractivity contribution < 1.29 is 17.8 Å². The highest BCUT2D eigenvalue weighted by atomic mass is 32.2. The highest BCUT2D eigenvalue weighted by Gasteiger charge is 2.08. The number of hydrogen-bond donors (Lipinski definition) is 3. The number of amides is 2. The fraction of sp³-hybridized carbons (Fsp3) is 0.125. The van der Waals surface area contributed by atoms with Crippen molar-refractivity contribution in [1.82, 2.24) is 10.0 Å². The normalized spacial score (nSPS) is 10.7. The molecule has 0 atom stereocenters. The summed E-state index contributed by atoms with van der Waals surface area (Å²) in [5.41, 5.74) is 0.822. The molecule has 1 rings (SSSR count). The van der Waals surface area contributed by atoms with Gasteiger partial charge in [-0.25, -0.2) is 9.52 Å². The standard InChI is InChI=1S/C8H10N2O4S/c11-8(10-15(12,13)14)9-6-7-4-2-1-3-5-7/h1-5H,6H2,(H2,9,10,11)(H,12,13,14). The van der Waals surface area contributed by atoms with Crippen molar-refractivity contribution in [2.24, 2.45) is 0 Å². The first-order valence-corrected chi connectivity index (χ1v) is 5.48. The van der Waals surface area contributed by atoms with Crippen molar-refractivity contribution in [3.63, 3.8) is 0 Å². The average molecular weight is 230 g/mol. The van der Waals surface area contributed by atoms with E-state index in [1.54, 1.807) is 24.3 Å². The largest absolute Gasteiger partial charge is 0.361 e. The summed E-state index contributed by atoms with van der Waals surface area (Å²) in [4.78, 5) is 10.9. The van der Waals surface area contributed by atoms with Crippen LogP contribution in [0, 0.1) is 0 Å². The molecule has 0 bridgehead atoms. The quantitative estimate of drug-likeness (QED) is 0.650. The van der Waals surface area contributed by atoms with Crippen molar-refractivity contribution in [2.75, 3.05) is 0 Å². The fourth-order valence-electron chi connectivity index (χ4n) is 0.931. The fourth-order valence-corrected chi connectivity index (χ4v) is 1.24. The van der Waals surface area contributed by atoms with Gasteiger partial charge in [-0.1, -0.05) is 30.3 Å². The van der Waals surface area contributed by atoms with Crippen LogP contribution in [0.5, 0.6) is 0 Å². The topological polar surface area (TPSA) is 95.5 Å². The Morgan fingerprint density at radius 3 is 2.40 bits per heavy atom. The second-order valence-electron chi connectivity index (χ2n) is 2.75. The maximum atomic E-state index is 10.9. The number of urea groups is 1. The summed E-state index contributed by atoms with van der Waals surface area (Å²) in [6.07, 6.45) is 0. The Bertz CT molecular complexity index is 429. The van der Waals surface area contributed by atoms with Crippen LogP contribution in [-0.2, 0) is 16.8 Å². The maximum Gasteiger partial charge on any atom is 0.361 e. The molecule has 0 spiro atoms. The van der Waals surface area contributed by atoms with Gasteiger partial charge in [0, 0.05) is 6.54 Å². The number of rotatable bonds is 3. The minimum absolute atomic E-state index is 0.183. The molecule has 15 heavy (non-hydrogen) atoms. The van der Waals surface area contributed by atoms with E-state index in [0.717, 1.165) is 5.56 Å². The maximum absolute atomic E-state index is 10.9.